The highest BCUT2D eigenvalue weighted by Gasteiger charge is 2.11. The zero-order valence-electron chi connectivity index (χ0n) is 11.5. The van der Waals surface area contributed by atoms with E-state index >= 15 is 0 Å². The van der Waals surface area contributed by atoms with Crippen LogP contribution in [-0.2, 0) is 6.54 Å². The van der Waals surface area contributed by atoms with Crippen molar-refractivity contribution in [3.05, 3.63) is 52.9 Å². The van der Waals surface area contributed by atoms with Gasteiger partial charge in [-0.05, 0) is 36.4 Å². The van der Waals surface area contributed by atoms with E-state index in [1.54, 1.807) is 11.3 Å². The number of nitrogens with zero attached hydrogens (tertiary/aromatic N) is 3. The monoisotopic (exact) mass is 284 g/mol. The summed E-state index contributed by atoms with van der Waals surface area (Å²) in [4.78, 5) is 10.1. The van der Waals surface area contributed by atoms with Crippen molar-refractivity contribution >= 4 is 17.0 Å². The van der Waals surface area contributed by atoms with Crippen LogP contribution in [0.2, 0.25) is 0 Å². The van der Waals surface area contributed by atoms with Gasteiger partial charge in [0.2, 0.25) is 0 Å². The highest BCUT2D eigenvalue weighted by molar-refractivity contribution is 7.13. The summed E-state index contributed by atoms with van der Waals surface area (Å²) in [6.45, 7) is 4.68. The van der Waals surface area contributed by atoms with E-state index in [1.807, 2.05) is 38.5 Å². The molecule has 0 saturated carbocycles. The lowest BCUT2D eigenvalue weighted by Gasteiger charge is -2.12. The van der Waals surface area contributed by atoms with Crippen LogP contribution in [0.5, 0.6) is 0 Å². The van der Waals surface area contributed by atoms with E-state index in [0.717, 1.165) is 33.2 Å². The van der Waals surface area contributed by atoms with Crippen LogP contribution in [0.25, 0.3) is 10.7 Å². The molecule has 3 aromatic heterocycles. The number of nitrogen functional groups attached to an aromatic ring is 1. The molecule has 3 rings (SSSR count). The molecule has 0 spiro atoms. The van der Waals surface area contributed by atoms with Crippen LogP contribution >= 0.6 is 11.3 Å². The van der Waals surface area contributed by atoms with Crippen molar-refractivity contribution in [2.24, 2.45) is 0 Å². The molecule has 3 heterocycles. The third-order valence-corrected chi connectivity index (χ3v) is 4.32. The zero-order chi connectivity index (χ0) is 14.1. The lowest BCUT2D eigenvalue weighted by molar-refractivity contribution is 0.776. The Morgan fingerprint density at radius 1 is 1.30 bits per heavy atom. The number of thiophene rings is 1. The Bertz CT molecular complexity index is 728. The second-order valence-corrected chi connectivity index (χ2v) is 5.73. The SMILES string of the molecule is Cc1cnc(Cn2ccnc2-c2cccs2)c(C)c1N. The predicted molar refractivity (Wildman–Crippen MR) is 82.8 cm³/mol. The normalized spacial score (nSPS) is 10.9. The summed E-state index contributed by atoms with van der Waals surface area (Å²) in [6.07, 6.45) is 5.63. The Labute approximate surface area is 121 Å². The zero-order valence-corrected chi connectivity index (χ0v) is 12.3. The standard InChI is InChI=1S/C15H16N4S/c1-10-8-18-12(11(2)14(10)16)9-19-6-5-17-15(19)13-4-3-7-20-13/h3-8H,9H2,1-2H3,(H2,16,18). The summed E-state index contributed by atoms with van der Waals surface area (Å²) in [7, 11) is 0. The summed E-state index contributed by atoms with van der Waals surface area (Å²) < 4.78 is 2.11. The van der Waals surface area contributed by atoms with Gasteiger partial charge in [0, 0.05) is 24.3 Å². The van der Waals surface area contributed by atoms with Crippen LogP contribution in [-0.4, -0.2) is 14.5 Å². The Morgan fingerprint density at radius 2 is 2.15 bits per heavy atom. The summed E-state index contributed by atoms with van der Waals surface area (Å²) in [5.74, 6) is 0.973. The maximum atomic E-state index is 6.08. The maximum Gasteiger partial charge on any atom is 0.150 e. The fraction of sp³-hybridized carbons (Fsp3) is 0.200. The van der Waals surface area contributed by atoms with Gasteiger partial charge < -0.3 is 10.3 Å². The molecule has 0 radical (unpaired) electrons. The molecular formula is C15H16N4S. The van der Waals surface area contributed by atoms with Crippen molar-refractivity contribution in [2.45, 2.75) is 20.4 Å². The lowest BCUT2D eigenvalue weighted by atomic mass is 10.1. The van der Waals surface area contributed by atoms with E-state index in [-0.39, 0.29) is 0 Å². The molecule has 0 saturated heterocycles. The number of pyridine rings is 1. The van der Waals surface area contributed by atoms with Gasteiger partial charge in [0.15, 0.2) is 0 Å². The molecule has 3 aromatic rings. The second kappa shape index (κ2) is 5.09. The summed E-state index contributed by atoms with van der Waals surface area (Å²) in [6, 6.07) is 4.11. The molecule has 5 heteroatoms. The first-order chi connectivity index (χ1) is 9.66. The van der Waals surface area contributed by atoms with E-state index in [2.05, 4.69) is 26.0 Å². The molecule has 0 aliphatic rings. The van der Waals surface area contributed by atoms with Crippen molar-refractivity contribution in [1.82, 2.24) is 14.5 Å². The van der Waals surface area contributed by atoms with Crippen LogP contribution in [0.4, 0.5) is 5.69 Å². The summed E-state index contributed by atoms with van der Waals surface area (Å²) in [5, 5.41) is 2.06. The topological polar surface area (TPSA) is 56.7 Å². The largest absolute Gasteiger partial charge is 0.398 e. The fourth-order valence-electron chi connectivity index (χ4n) is 2.18. The number of anilines is 1. The molecule has 0 fully saturated rings. The van der Waals surface area contributed by atoms with Gasteiger partial charge in [0.25, 0.3) is 0 Å². The molecule has 0 aliphatic heterocycles. The van der Waals surface area contributed by atoms with Gasteiger partial charge in [0.05, 0.1) is 17.1 Å². The summed E-state index contributed by atoms with van der Waals surface area (Å²) in [5.41, 5.74) is 9.97. The molecule has 0 bridgehead atoms. The molecule has 2 N–H and O–H groups in total. The van der Waals surface area contributed by atoms with Crippen LogP contribution in [0.1, 0.15) is 16.8 Å². The molecule has 0 aliphatic carbocycles. The fourth-order valence-corrected chi connectivity index (χ4v) is 2.92. The average Bonchev–Trinajstić information content (AvgIpc) is 3.09. The van der Waals surface area contributed by atoms with Crippen molar-refractivity contribution in [2.75, 3.05) is 5.73 Å². The number of hydrogen-bond acceptors (Lipinski definition) is 4. The smallest absolute Gasteiger partial charge is 0.150 e. The van der Waals surface area contributed by atoms with E-state index in [4.69, 9.17) is 5.73 Å². The molecule has 0 aromatic carbocycles. The molecular weight excluding hydrogens is 268 g/mol. The number of imidazole rings is 1. The molecule has 20 heavy (non-hydrogen) atoms. The Balaban J connectivity index is 1.97. The van der Waals surface area contributed by atoms with E-state index < -0.39 is 0 Å². The molecule has 0 atom stereocenters. The Morgan fingerprint density at radius 3 is 2.90 bits per heavy atom. The van der Waals surface area contributed by atoms with Gasteiger partial charge in [-0.2, -0.15) is 0 Å². The predicted octanol–water partition coefficient (Wildman–Crippen LogP) is 3.25. The van der Waals surface area contributed by atoms with Gasteiger partial charge in [0.1, 0.15) is 5.82 Å². The van der Waals surface area contributed by atoms with Crippen molar-refractivity contribution in [3.63, 3.8) is 0 Å². The number of rotatable bonds is 3. The number of hydrogen-bond donors (Lipinski definition) is 1. The number of aryl methyl sites for hydroxylation is 1. The van der Waals surface area contributed by atoms with Gasteiger partial charge in [-0.1, -0.05) is 6.07 Å². The first-order valence-corrected chi connectivity index (χ1v) is 7.30. The maximum absolute atomic E-state index is 6.08. The van der Waals surface area contributed by atoms with Gasteiger partial charge in [-0.25, -0.2) is 4.98 Å². The number of nitrogens with two attached hydrogens (primary N) is 1. The van der Waals surface area contributed by atoms with Crippen molar-refractivity contribution < 1.29 is 0 Å². The highest BCUT2D eigenvalue weighted by Crippen LogP contribution is 2.25. The van der Waals surface area contributed by atoms with Crippen molar-refractivity contribution in [3.8, 4) is 10.7 Å². The second-order valence-electron chi connectivity index (χ2n) is 4.78. The first kappa shape index (κ1) is 12.9. The Hall–Kier alpha value is -2.14. The molecule has 0 amide bonds. The van der Waals surface area contributed by atoms with Crippen LogP contribution in [0.15, 0.2) is 36.1 Å². The minimum absolute atomic E-state index is 0.684. The Kier molecular flexibility index (Phi) is 3.28. The third kappa shape index (κ3) is 2.20. The molecule has 4 nitrogen and oxygen atoms in total. The summed E-state index contributed by atoms with van der Waals surface area (Å²) >= 11 is 1.69. The van der Waals surface area contributed by atoms with Crippen LogP contribution in [0.3, 0.4) is 0 Å². The van der Waals surface area contributed by atoms with Gasteiger partial charge in [-0.3, -0.25) is 4.98 Å². The van der Waals surface area contributed by atoms with Crippen molar-refractivity contribution in [1.29, 1.82) is 0 Å². The minimum atomic E-state index is 0.684. The van der Waals surface area contributed by atoms with E-state index in [0.29, 0.717) is 6.54 Å². The molecule has 0 unspecified atom stereocenters. The third-order valence-electron chi connectivity index (χ3n) is 3.45. The van der Waals surface area contributed by atoms with Crippen LogP contribution in [0, 0.1) is 13.8 Å². The highest BCUT2D eigenvalue weighted by atomic mass is 32.1. The van der Waals surface area contributed by atoms with Gasteiger partial charge >= 0.3 is 0 Å². The minimum Gasteiger partial charge on any atom is -0.398 e. The average molecular weight is 284 g/mol. The van der Waals surface area contributed by atoms with E-state index in [9.17, 15) is 0 Å². The van der Waals surface area contributed by atoms with Gasteiger partial charge in [-0.15, -0.1) is 11.3 Å². The molecule has 102 valence electrons. The van der Waals surface area contributed by atoms with E-state index in [1.165, 1.54) is 0 Å². The lowest BCUT2D eigenvalue weighted by Crippen LogP contribution is -2.07. The van der Waals surface area contributed by atoms with Crippen LogP contribution < -0.4 is 5.73 Å². The quantitative estimate of drug-likeness (QED) is 0.803. The first-order valence-electron chi connectivity index (χ1n) is 6.42. The number of aromatic nitrogens is 3.